The second-order valence-electron chi connectivity index (χ2n) is 6.05. The van der Waals surface area contributed by atoms with E-state index in [-0.39, 0.29) is 29.5 Å². The molecule has 0 aliphatic carbocycles. The van der Waals surface area contributed by atoms with Gasteiger partial charge in [0.05, 0.1) is 12.2 Å². The predicted octanol–water partition coefficient (Wildman–Crippen LogP) is 3.21. The fourth-order valence-corrected chi connectivity index (χ4v) is 3.61. The third kappa shape index (κ3) is 3.52. The highest BCUT2D eigenvalue weighted by Crippen LogP contribution is 2.29. The minimum absolute atomic E-state index is 0.182. The molecule has 0 saturated heterocycles. The standard InChI is InChI=1S/C19H16N4O3S/c1-12-18(25)21-19-23(22-12)16(11-27-19)20-17(24)10-14(15-8-5-9-26-15)13-6-3-2-4-7-13/h2-9,11,14H,10H2,1H3,(H,20,24). The number of hydrogen-bond acceptors (Lipinski definition) is 6. The maximum Gasteiger partial charge on any atom is 0.295 e. The van der Waals surface area contributed by atoms with Gasteiger partial charge in [-0.2, -0.15) is 14.6 Å². The number of nitrogens with one attached hydrogen (secondary N) is 1. The fraction of sp³-hybridized carbons (Fsp3) is 0.158. The number of rotatable bonds is 5. The van der Waals surface area contributed by atoms with E-state index in [1.807, 2.05) is 42.5 Å². The minimum atomic E-state index is -0.364. The summed E-state index contributed by atoms with van der Waals surface area (Å²) < 4.78 is 7.02. The van der Waals surface area contributed by atoms with Gasteiger partial charge in [0.1, 0.15) is 17.3 Å². The summed E-state index contributed by atoms with van der Waals surface area (Å²) in [5.74, 6) is 0.836. The van der Waals surface area contributed by atoms with Crippen molar-refractivity contribution in [3.63, 3.8) is 0 Å². The van der Waals surface area contributed by atoms with Gasteiger partial charge >= 0.3 is 0 Å². The Bertz CT molecular complexity index is 1130. The number of nitrogens with zero attached hydrogens (tertiary/aromatic N) is 3. The first-order chi connectivity index (χ1) is 13.1. The Hall–Kier alpha value is -3.26. The van der Waals surface area contributed by atoms with Gasteiger partial charge in [-0.3, -0.25) is 9.59 Å². The number of aryl methyl sites for hydroxylation is 1. The van der Waals surface area contributed by atoms with Crippen molar-refractivity contribution in [2.75, 3.05) is 5.32 Å². The molecule has 0 radical (unpaired) electrons. The van der Waals surface area contributed by atoms with E-state index in [2.05, 4.69) is 15.4 Å². The van der Waals surface area contributed by atoms with Crippen LogP contribution in [0.25, 0.3) is 4.96 Å². The van der Waals surface area contributed by atoms with Crippen LogP contribution in [-0.2, 0) is 4.79 Å². The molecule has 0 fully saturated rings. The van der Waals surface area contributed by atoms with Gasteiger partial charge in [-0.15, -0.1) is 11.3 Å². The van der Waals surface area contributed by atoms with Gasteiger partial charge in [-0.1, -0.05) is 30.3 Å². The normalized spacial score (nSPS) is 12.2. The van der Waals surface area contributed by atoms with Crippen LogP contribution in [0.2, 0.25) is 0 Å². The molecule has 1 N–H and O–H groups in total. The topological polar surface area (TPSA) is 89.5 Å². The first-order valence-electron chi connectivity index (χ1n) is 8.35. The second kappa shape index (κ2) is 7.16. The summed E-state index contributed by atoms with van der Waals surface area (Å²) in [5.41, 5.74) is 0.910. The van der Waals surface area contributed by atoms with Crippen LogP contribution in [0, 0.1) is 6.92 Å². The number of hydrogen-bond donors (Lipinski definition) is 1. The molecule has 0 aliphatic heterocycles. The maximum absolute atomic E-state index is 12.7. The Balaban J connectivity index is 1.59. The molecule has 1 aromatic carbocycles. The molecule has 136 valence electrons. The lowest BCUT2D eigenvalue weighted by Gasteiger charge is -2.15. The number of carbonyl (C=O) groups excluding carboxylic acids is 1. The monoisotopic (exact) mass is 380 g/mol. The average Bonchev–Trinajstić information content (AvgIpc) is 3.32. The molecule has 8 heteroatoms. The van der Waals surface area contributed by atoms with Crippen LogP contribution in [0.5, 0.6) is 0 Å². The highest BCUT2D eigenvalue weighted by Gasteiger charge is 2.21. The van der Waals surface area contributed by atoms with Gasteiger partial charge < -0.3 is 9.73 Å². The van der Waals surface area contributed by atoms with Crippen molar-refractivity contribution < 1.29 is 9.21 Å². The minimum Gasteiger partial charge on any atom is -0.469 e. The van der Waals surface area contributed by atoms with Crippen molar-refractivity contribution >= 4 is 28.0 Å². The lowest BCUT2D eigenvalue weighted by Crippen LogP contribution is -2.19. The van der Waals surface area contributed by atoms with Crippen LogP contribution in [0.3, 0.4) is 0 Å². The molecular formula is C19H16N4O3S. The summed E-state index contributed by atoms with van der Waals surface area (Å²) in [7, 11) is 0. The molecule has 1 amide bonds. The quantitative estimate of drug-likeness (QED) is 0.574. The molecular weight excluding hydrogens is 364 g/mol. The summed E-state index contributed by atoms with van der Waals surface area (Å²) in [5, 5.41) is 8.78. The Morgan fingerprint density at radius 2 is 2.07 bits per heavy atom. The third-order valence-electron chi connectivity index (χ3n) is 4.19. The number of amides is 1. The lowest BCUT2D eigenvalue weighted by atomic mass is 9.93. The van der Waals surface area contributed by atoms with Crippen molar-refractivity contribution in [3.8, 4) is 0 Å². The van der Waals surface area contributed by atoms with E-state index < -0.39 is 0 Å². The van der Waals surface area contributed by atoms with E-state index in [0.29, 0.717) is 10.8 Å². The average molecular weight is 380 g/mol. The summed E-state index contributed by atoms with van der Waals surface area (Å²) >= 11 is 1.25. The van der Waals surface area contributed by atoms with E-state index >= 15 is 0 Å². The number of fused-ring (bicyclic) bond motifs is 1. The summed E-state index contributed by atoms with van der Waals surface area (Å²) in [6.45, 7) is 1.59. The van der Waals surface area contributed by atoms with E-state index in [1.165, 1.54) is 15.9 Å². The van der Waals surface area contributed by atoms with Crippen LogP contribution in [-0.4, -0.2) is 20.5 Å². The zero-order valence-electron chi connectivity index (χ0n) is 14.5. The largest absolute Gasteiger partial charge is 0.469 e. The lowest BCUT2D eigenvalue weighted by molar-refractivity contribution is -0.116. The molecule has 0 bridgehead atoms. The molecule has 7 nitrogen and oxygen atoms in total. The molecule has 0 aliphatic rings. The van der Waals surface area contributed by atoms with Crippen LogP contribution in [0.4, 0.5) is 5.82 Å². The van der Waals surface area contributed by atoms with Gasteiger partial charge in [0.15, 0.2) is 0 Å². The maximum atomic E-state index is 12.7. The summed E-state index contributed by atoms with van der Waals surface area (Å²) in [6.07, 6.45) is 1.81. The van der Waals surface area contributed by atoms with Crippen LogP contribution < -0.4 is 10.9 Å². The number of furan rings is 1. The zero-order valence-corrected chi connectivity index (χ0v) is 15.3. The predicted molar refractivity (Wildman–Crippen MR) is 102 cm³/mol. The Labute approximate surface area is 158 Å². The van der Waals surface area contributed by atoms with Gasteiger partial charge in [-0.25, -0.2) is 0 Å². The molecule has 0 saturated carbocycles. The molecule has 4 aromatic rings. The molecule has 4 rings (SSSR count). The van der Waals surface area contributed by atoms with Gasteiger partial charge in [-0.05, 0) is 24.6 Å². The van der Waals surface area contributed by atoms with Gasteiger partial charge in [0.2, 0.25) is 10.9 Å². The molecule has 0 spiro atoms. The van der Waals surface area contributed by atoms with Crippen LogP contribution in [0.1, 0.15) is 29.4 Å². The Kier molecular flexibility index (Phi) is 4.55. The molecule has 3 heterocycles. The highest BCUT2D eigenvalue weighted by molar-refractivity contribution is 7.15. The SMILES string of the molecule is Cc1nn2c(NC(=O)CC(c3ccccc3)c3ccco3)csc2nc1=O. The van der Waals surface area contributed by atoms with Crippen molar-refractivity contribution in [2.24, 2.45) is 0 Å². The zero-order chi connectivity index (χ0) is 18.8. The summed E-state index contributed by atoms with van der Waals surface area (Å²) in [4.78, 5) is 28.7. The van der Waals surface area contributed by atoms with Crippen molar-refractivity contribution in [1.82, 2.24) is 14.6 Å². The van der Waals surface area contributed by atoms with E-state index in [4.69, 9.17) is 4.42 Å². The highest BCUT2D eigenvalue weighted by atomic mass is 32.1. The smallest absolute Gasteiger partial charge is 0.295 e. The first kappa shape index (κ1) is 17.2. The van der Waals surface area contributed by atoms with Crippen molar-refractivity contribution in [3.05, 3.63) is 81.5 Å². The van der Waals surface area contributed by atoms with Gasteiger partial charge in [0.25, 0.3) is 5.56 Å². The molecule has 27 heavy (non-hydrogen) atoms. The number of benzene rings is 1. The van der Waals surface area contributed by atoms with E-state index in [0.717, 1.165) is 11.3 Å². The fourth-order valence-electron chi connectivity index (χ4n) is 2.86. The van der Waals surface area contributed by atoms with E-state index in [9.17, 15) is 9.59 Å². The Morgan fingerprint density at radius 3 is 2.81 bits per heavy atom. The first-order valence-corrected chi connectivity index (χ1v) is 9.23. The van der Waals surface area contributed by atoms with Crippen molar-refractivity contribution in [1.29, 1.82) is 0 Å². The molecule has 3 aromatic heterocycles. The number of aromatic nitrogens is 3. The van der Waals surface area contributed by atoms with Crippen LogP contribution >= 0.6 is 11.3 Å². The summed E-state index contributed by atoms with van der Waals surface area (Å²) in [6, 6.07) is 13.4. The van der Waals surface area contributed by atoms with Crippen molar-refractivity contribution in [2.45, 2.75) is 19.3 Å². The molecule has 1 unspecified atom stereocenters. The number of thiazole rings is 1. The molecule has 1 atom stereocenters. The number of carbonyl (C=O) groups is 1. The van der Waals surface area contributed by atoms with Crippen LogP contribution in [0.15, 0.2) is 63.3 Å². The van der Waals surface area contributed by atoms with E-state index in [1.54, 1.807) is 18.6 Å². The number of anilines is 1. The second-order valence-corrected chi connectivity index (χ2v) is 6.89. The van der Waals surface area contributed by atoms with Gasteiger partial charge in [0, 0.05) is 11.8 Å². The third-order valence-corrected chi connectivity index (χ3v) is 5.00. The Morgan fingerprint density at radius 1 is 1.26 bits per heavy atom.